The minimum atomic E-state index is 0.373. The molecule has 0 spiro atoms. The van der Waals surface area contributed by atoms with Crippen LogP contribution < -0.4 is 4.74 Å². The highest BCUT2D eigenvalue weighted by molar-refractivity contribution is 5.83. The maximum Gasteiger partial charge on any atom is 0.150 e. The van der Waals surface area contributed by atoms with E-state index < -0.39 is 0 Å². The molecule has 0 amide bonds. The van der Waals surface area contributed by atoms with Crippen molar-refractivity contribution in [3.05, 3.63) is 95.7 Å². The average molecular weight is 364 g/mol. The summed E-state index contributed by atoms with van der Waals surface area (Å²) in [5.74, 6) is 0.519. The molecule has 134 valence electrons. The van der Waals surface area contributed by atoms with Crippen LogP contribution >= 0.6 is 0 Å². The van der Waals surface area contributed by atoms with Gasteiger partial charge in [-0.05, 0) is 52.7 Å². The van der Waals surface area contributed by atoms with Crippen LogP contribution in [0.3, 0.4) is 0 Å². The molecule has 0 aliphatic heterocycles. The van der Waals surface area contributed by atoms with E-state index in [4.69, 9.17) is 4.74 Å². The summed E-state index contributed by atoms with van der Waals surface area (Å²) in [5.41, 5.74) is 3.41. The van der Waals surface area contributed by atoms with E-state index in [0.29, 0.717) is 29.2 Å². The summed E-state index contributed by atoms with van der Waals surface area (Å²) in [4.78, 5) is 15.2. The Bertz CT molecular complexity index is 1210. The number of pyridine rings is 1. The molecule has 0 atom stereocenters. The highest BCUT2D eigenvalue weighted by atomic mass is 16.5. The van der Waals surface area contributed by atoms with Crippen molar-refractivity contribution >= 4 is 17.1 Å². The summed E-state index contributed by atoms with van der Waals surface area (Å²) in [7, 11) is 0. The Kier molecular flexibility index (Phi) is 4.81. The molecule has 0 saturated heterocycles. The van der Waals surface area contributed by atoms with Gasteiger partial charge in [-0.1, -0.05) is 36.4 Å². The standard InChI is InChI=1S/C24H16N2O2/c25-14-22-13-21(23-12-17(15-27)9-10-26-23)7-8-24(22)28-16-18-5-6-19-3-1-2-4-20(19)11-18/h1-13,15H,16H2. The molecule has 28 heavy (non-hydrogen) atoms. The number of hydrogen-bond acceptors (Lipinski definition) is 4. The fourth-order valence-corrected chi connectivity index (χ4v) is 3.07. The summed E-state index contributed by atoms with van der Waals surface area (Å²) < 4.78 is 5.90. The molecule has 4 aromatic rings. The van der Waals surface area contributed by atoms with Gasteiger partial charge in [0.1, 0.15) is 24.7 Å². The van der Waals surface area contributed by atoms with Crippen LogP contribution in [0.15, 0.2) is 79.0 Å². The number of hydrogen-bond donors (Lipinski definition) is 0. The first-order valence-corrected chi connectivity index (χ1v) is 8.83. The Hall–Kier alpha value is -3.97. The number of rotatable bonds is 5. The molecule has 4 nitrogen and oxygen atoms in total. The average Bonchev–Trinajstić information content (AvgIpc) is 2.77. The second-order valence-corrected chi connectivity index (χ2v) is 6.39. The van der Waals surface area contributed by atoms with Crippen LogP contribution in [0.25, 0.3) is 22.0 Å². The van der Waals surface area contributed by atoms with Crippen LogP contribution in [0.4, 0.5) is 0 Å². The van der Waals surface area contributed by atoms with Crippen LogP contribution in [0.2, 0.25) is 0 Å². The SMILES string of the molecule is N#Cc1cc(-c2cc(C=O)ccn2)ccc1OCc1ccc2ccccc2c1. The zero-order valence-electron chi connectivity index (χ0n) is 15.0. The minimum absolute atomic E-state index is 0.373. The third-order valence-corrected chi connectivity index (χ3v) is 4.52. The molecule has 3 aromatic carbocycles. The minimum Gasteiger partial charge on any atom is -0.488 e. The van der Waals surface area contributed by atoms with E-state index in [-0.39, 0.29) is 0 Å². The zero-order valence-corrected chi connectivity index (χ0v) is 15.0. The number of carbonyl (C=O) groups excluding carboxylic acids is 1. The lowest BCUT2D eigenvalue weighted by molar-refractivity contribution is 0.112. The Balaban J connectivity index is 1.57. The monoisotopic (exact) mass is 364 g/mol. The molecule has 0 bridgehead atoms. The van der Waals surface area contributed by atoms with Gasteiger partial charge < -0.3 is 4.74 Å². The summed E-state index contributed by atoms with van der Waals surface area (Å²) >= 11 is 0. The first-order chi connectivity index (χ1) is 13.8. The van der Waals surface area contributed by atoms with Crippen molar-refractivity contribution in [2.24, 2.45) is 0 Å². The summed E-state index contributed by atoms with van der Waals surface area (Å²) in [5, 5.41) is 11.9. The number of benzene rings is 3. The Morgan fingerprint density at radius 3 is 2.64 bits per heavy atom. The van der Waals surface area contributed by atoms with Crippen LogP contribution in [0.1, 0.15) is 21.5 Å². The topological polar surface area (TPSA) is 63.0 Å². The van der Waals surface area contributed by atoms with Crippen molar-refractivity contribution < 1.29 is 9.53 Å². The largest absolute Gasteiger partial charge is 0.488 e. The third-order valence-electron chi connectivity index (χ3n) is 4.52. The predicted molar refractivity (Wildman–Crippen MR) is 108 cm³/mol. The van der Waals surface area contributed by atoms with E-state index in [1.807, 2.05) is 24.3 Å². The fraction of sp³-hybridized carbons (Fsp3) is 0.0417. The van der Waals surface area contributed by atoms with Crippen LogP contribution in [-0.4, -0.2) is 11.3 Å². The van der Waals surface area contributed by atoms with E-state index in [0.717, 1.165) is 22.8 Å². The van der Waals surface area contributed by atoms with Gasteiger partial charge >= 0.3 is 0 Å². The molecular formula is C24H16N2O2. The lowest BCUT2D eigenvalue weighted by Crippen LogP contribution is -1.98. The number of nitriles is 1. The molecule has 0 N–H and O–H groups in total. The van der Waals surface area contributed by atoms with Gasteiger partial charge in [-0.3, -0.25) is 9.78 Å². The molecule has 0 aliphatic carbocycles. The van der Waals surface area contributed by atoms with Crippen LogP contribution in [0, 0.1) is 11.3 Å². The second-order valence-electron chi connectivity index (χ2n) is 6.39. The van der Waals surface area contributed by atoms with Gasteiger partial charge in [-0.15, -0.1) is 0 Å². The highest BCUT2D eigenvalue weighted by Crippen LogP contribution is 2.26. The van der Waals surface area contributed by atoms with Crippen molar-refractivity contribution in [2.45, 2.75) is 6.61 Å². The quantitative estimate of drug-likeness (QED) is 0.459. The van der Waals surface area contributed by atoms with Crippen molar-refractivity contribution in [1.82, 2.24) is 4.98 Å². The van der Waals surface area contributed by atoms with Gasteiger partial charge in [0.05, 0.1) is 11.3 Å². The molecule has 4 rings (SSSR count). The van der Waals surface area contributed by atoms with Gasteiger partial charge in [0.15, 0.2) is 0 Å². The number of ether oxygens (including phenoxy) is 1. The lowest BCUT2D eigenvalue weighted by atomic mass is 10.1. The molecule has 4 heteroatoms. The maximum absolute atomic E-state index is 11.0. The molecule has 0 unspecified atom stereocenters. The molecule has 0 aliphatic rings. The number of aromatic nitrogens is 1. The molecule has 0 fully saturated rings. The van der Waals surface area contributed by atoms with E-state index in [9.17, 15) is 10.1 Å². The van der Waals surface area contributed by atoms with Crippen LogP contribution in [0.5, 0.6) is 5.75 Å². The fourth-order valence-electron chi connectivity index (χ4n) is 3.07. The first-order valence-electron chi connectivity index (χ1n) is 8.83. The zero-order chi connectivity index (χ0) is 19.3. The third kappa shape index (κ3) is 3.60. The van der Waals surface area contributed by atoms with Crippen molar-refractivity contribution in [3.8, 4) is 23.1 Å². The van der Waals surface area contributed by atoms with Crippen molar-refractivity contribution in [1.29, 1.82) is 5.26 Å². The van der Waals surface area contributed by atoms with E-state index in [1.165, 1.54) is 5.39 Å². The molecule has 1 heterocycles. The number of nitrogens with zero attached hydrogens (tertiary/aromatic N) is 2. The Labute approximate surface area is 162 Å². The normalized spacial score (nSPS) is 10.4. The van der Waals surface area contributed by atoms with Gasteiger partial charge in [-0.25, -0.2) is 0 Å². The van der Waals surface area contributed by atoms with E-state index in [2.05, 4.69) is 35.3 Å². The number of aldehydes is 1. The van der Waals surface area contributed by atoms with Crippen molar-refractivity contribution in [3.63, 3.8) is 0 Å². The van der Waals surface area contributed by atoms with Crippen molar-refractivity contribution in [2.75, 3.05) is 0 Å². The smallest absolute Gasteiger partial charge is 0.150 e. The first kappa shape index (κ1) is 17.4. The maximum atomic E-state index is 11.0. The highest BCUT2D eigenvalue weighted by Gasteiger charge is 2.08. The molecule has 0 saturated carbocycles. The summed E-state index contributed by atoms with van der Waals surface area (Å²) in [6, 6.07) is 25.2. The van der Waals surface area contributed by atoms with Crippen LogP contribution in [-0.2, 0) is 6.61 Å². The lowest BCUT2D eigenvalue weighted by Gasteiger charge is -2.10. The predicted octanol–water partition coefficient (Wildman–Crippen LogP) is 5.16. The Morgan fingerprint density at radius 1 is 0.964 bits per heavy atom. The van der Waals surface area contributed by atoms with E-state index >= 15 is 0 Å². The summed E-state index contributed by atoms with van der Waals surface area (Å²) in [6.07, 6.45) is 2.35. The van der Waals surface area contributed by atoms with Gasteiger partial charge in [-0.2, -0.15) is 5.26 Å². The second kappa shape index (κ2) is 7.73. The van der Waals surface area contributed by atoms with Gasteiger partial charge in [0, 0.05) is 17.3 Å². The number of fused-ring (bicyclic) bond motifs is 1. The van der Waals surface area contributed by atoms with Gasteiger partial charge in [0.25, 0.3) is 0 Å². The van der Waals surface area contributed by atoms with E-state index in [1.54, 1.807) is 30.5 Å². The molecule has 0 radical (unpaired) electrons. The van der Waals surface area contributed by atoms with Gasteiger partial charge in [0.2, 0.25) is 0 Å². The summed E-state index contributed by atoms with van der Waals surface area (Å²) in [6.45, 7) is 0.373. The molecule has 1 aromatic heterocycles. The number of carbonyl (C=O) groups is 1. The Morgan fingerprint density at radius 2 is 1.82 bits per heavy atom. The molecular weight excluding hydrogens is 348 g/mol.